The van der Waals surface area contributed by atoms with Crippen LogP contribution in [0.4, 0.5) is 0 Å². The van der Waals surface area contributed by atoms with Crippen LogP contribution in [0.3, 0.4) is 0 Å². The topological polar surface area (TPSA) is 80.5 Å². The maximum atomic E-state index is 11.9. The van der Waals surface area contributed by atoms with Crippen LogP contribution in [-0.4, -0.2) is 29.5 Å². The summed E-state index contributed by atoms with van der Waals surface area (Å²) in [7, 11) is -3.55. The highest BCUT2D eigenvalue weighted by Crippen LogP contribution is 2.24. The number of nitrogens with zero attached hydrogens (tertiary/aromatic N) is 2. The molecule has 0 unspecified atom stereocenters. The van der Waals surface area contributed by atoms with Crippen molar-refractivity contribution in [2.24, 2.45) is 0 Å². The number of aromatic nitrogens is 1. The van der Waals surface area contributed by atoms with Crippen LogP contribution in [0.1, 0.15) is 18.6 Å². The summed E-state index contributed by atoms with van der Waals surface area (Å²) >= 11 is 5.83. The minimum atomic E-state index is -3.55. The Kier molecular flexibility index (Phi) is 3.92. The third-order valence-corrected chi connectivity index (χ3v) is 5.47. The molecule has 3 rings (SSSR count). The normalized spacial score (nSPS) is 17.7. The van der Waals surface area contributed by atoms with Crippen molar-refractivity contribution in [1.29, 1.82) is 0 Å². The smallest absolute Gasteiger partial charge is 0.237 e. The molecule has 2 aromatic rings. The Hall–Kier alpha value is -1.86. The van der Waals surface area contributed by atoms with Crippen molar-refractivity contribution in [1.82, 2.24) is 9.46 Å². The molecule has 1 fully saturated rings. The summed E-state index contributed by atoms with van der Waals surface area (Å²) < 4.78 is 29.9. The maximum Gasteiger partial charge on any atom is 0.237 e. The van der Waals surface area contributed by atoms with E-state index in [1.807, 2.05) is 0 Å². The Morgan fingerprint density at radius 3 is 2.68 bits per heavy atom. The summed E-state index contributed by atoms with van der Waals surface area (Å²) in [5.41, 5.74) is 1.36. The van der Waals surface area contributed by atoms with Crippen LogP contribution >= 0.6 is 11.6 Å². The average Bonchev–Trinajstić information content (AvgIpc) is 2.92. The summed E-state index contributed by atoms with van der Waals surface area (Å²) in [6.07, 6.45) is 0.599. The summed E-state index contributed by atoms with van der Waals surface area (Å²) in [5, 5.41) is 4.51. The first kappa shape index (κ1) is 15.1. The molecule has 1 aromatic carbocycles. The van der Waals surface area contributed by atoms with E-state index in [-0.39, 0.29) is 18.7 Å². The van der Waals surface area contributed by atoms with Gasteiger partial charge in [-0.05, 0) is 18.6 Å². The van der Waals surface area contributed by atoms with Gasteiger partial charge in [0.1, 0.15) is 5.69 Å². The predicted molar refractivity (Wildman–Crippen MR) is 80.5 cm³/mol. The molecule has 1 aromatic heterocycles. The number of hydrogen-bond acceptors (Lipinski definition) is 5. The van der Waals surface area contributed by atoms with Crippen molar-refractivity contribution in [2.45, 2.75) is 19.4 Å². The van der Waals surface area contributed by atoms with Crippen molar-refractivity contribution in [3.05, 3.63) is 41.1 Å². The van der Waals surface area contributed by atoms with Gasteiger partial charge in [-0.3, -0.25) is 4.79 Å². The molecule has 22 heavy (non-hydrogen) atoms. The standard InChI is InChI=1S/C14H13ClN2O4S/c15-11-5-3-10(4-6-11)13-8-12(21-16-13)9-17-14(18)2-1-7-22(17,19)20/h3-6,8H,1-2,7,9H2. The number of carbonyl (C=O) groups is 1. The van der Waals surface area contributed by atoms with Crippen LogP contribution in [0, 0.1) is 0 Å². The van der Waals surface area contributed by atoms with Crippen LogP contribution in [-0.2, 0) is 21.4 Å². The van der Waals surface area contributed by atoms with Crippen LogP contribution in [0.25, 0.3) is 11.3 Å². The molecule has 0 spiro atoms. The van der Waals surface area contributed by atoms with Gasteiger partial charge in [0.15, 0.2) is 5.76 Å². The molecule has 0 radical (unpaired) electrons. The lowest BCUT2D eigenvalue weighted by Crippen LogP contribution is -2.41. The Morgan fingerprint density at radius 1 is 1.27 bits per heavy atom. The van der Waals surface area contributed by atoms with Gasteiger partial charge in [0, 0.05) is 23.1 Å². The molecule has 1 saturated heterocycles. The molecule has 0 bridgehead atoms. The zero-order valence-electron chi connectivity index (χ0n) is 11.5. The molecule has 0 N–H and O–H groups in total. The van der Waals surface area contributed by atoms with E-state index < -0.39 is 15.9 Å². The second-order valence-electron chi connectivity index (χ2n) is 5.01. The van der Waals surface area contributed by atoms with E-state index in [2.05, 4.69) is 5.16 Å². The largest absolute Gasteiger partial charge is 0.359 e. The van der Waals surface area contributed by atoms with Gasteiger partial charge in [0.25, 0.3) is 0 Å². The molecule has 1 amide bonds. The molecule has 0 aliphatic carbocycles. The van der Waals surface area contributed by atoms with E-state index >= 15 is 0 Å². The fourth-order valence-corrected chi connectivity index (χ4v) is 3.85. The Morgan fingerprint density at radius 2 is 2.00 bits per heavy atom. The number of sulfonamides is 1. The monoisotopic (exact) mass is 340 g/mol. The minimum Gasteiger partial charge on any atom is -0.359 e. The fourth-order valence-electron chi connectivity index (χ4n) is 2.27. The molecule has 6 nitrogen and oxygen atoms in total. The predicted octanol–water partition coefficient (Wildman–Crippen LogP) is 2.45. The molecule has 116 valence electrons. The van der Waals surface area contributed by atoms with E-state index in [1.165, 1.54) is 0 Å². The van der Waals surface area contributed by atoms with Crippen molar-refractivity contribution in [2.75, 3.05) is 5.75 Å². The van der Waals surface area contributed by atoms with Gasteiger partial charge in [0.2, 0.25) is 15.9 Å². The molecule has 2 heterocycles. The zero-order valence-corrected chi connectivity index (χ0v) is 13.1. The first-order chi connectivity index (χ1) is 10.5. The van der Waals surface area contributed by atoms with Gasteiger partial charge >= 0.3 is 0 Å². The molecule has 1 aliphatic heterocycles. The molecule has 8 heteroatoms. The second-order valence-corrected chi connectivity index (χ2v) is 7.45. The Labute approximate surface area is 132 Å². The average molecular weight is 341 g/mol. The van der Waals surface area contributed by atoms with Crippen molar-refractivity contribution in [3.8, 4) is 11.3 Å². The van der Waals surface area contributed by atoms with Crippen LogP contribution < -0.4 is 0 Å². The highest BCUT2D eigenvalue weighted by atomic mass is 35.5. The number of carbonyl (C=O) groups excluding carboxylic acids is 1. The number of rotatable bonds is 3. The van der Waals surface area contributed by atoms with E-state index in [0.717, 1.165) is 9.87 Å². The van der Waals surface area contributed by atoms with Gasteiger partial charge in [0.05, 0.1) is 12.3 Å². The van der Waals surface area contributed by atoms with Crippen LogP contribution in [0.15, 0.2) is 34.9 Å². The van der Waals surface area contributed by atoms with E-state index in [1.54, 1.807) is 30.3 Å². The minimum absolute atomic E-state index is 0.0169. The Balaban J connectivity index is 1.82. The van der Waals surface area contributed by atoms with Gasteiger partial charge in [-0.2, -0.15) is 0 Å². The molecular weight excluding hydrogens is 328 g/mol. The van der Waals surface area contributed by atoms with E-state index in [4.69, 9.17) is 16.1 Å². The summed E-state index contributed by atoms with van der Waals surface area (Å²) in [5.74, 6) is -0.101. The third-order valence-electron chi connectivity index (χ3n) is 3.41. The number of amides is 1. The molecule has 0 saturated carbocycles. The first-order valence-electron chi connectivity index (χ1n) is 6.70. The highest BCUT2D eigenvalue weighted by molar-refractivity contribution is 7.89. The summed E-state index contributed by atoms with van der Waals surface area (Å²) in [4.78, 5) is 11.8. The van der Waals surface area contributed by atoms with E-state index in [9.17, 15) is 13.2 Å². The van der Waals surface area contributed by atoms with Gasteiger partial charge in [-0.15, -0.1) is 0 Å². The van der Waals surface area contributed by atoms with E-state index in [0.29, 0.717) is 22.9 Å². The fraction of sp³-hybridized carbons (Fsp3) is 0.286. The lowest BCUT2D eigenvalue weighted by molar-refractivity contribution is -0.127. The van der Waals surface area contributed by atoms with Crippen molar-refractivity contribution in [3.63, 3.8) is 0 Å². The summed E-state index contributed by atoms with van der Waals surface area (Å²) in [6, 6.07) is 8.65. The molecule has 0 atom stereocenters. The van der Waals surface area contributed by atoms with Gasteiger partial charge < -0.3 is 4.52 Å². The quantitative estimate of drug-likeness (QED) is 0.857. The van der Waals surface area contributed by atoms with Crippen LogP contribution in [0.2, 0.25) is 5.02 Å². The molecular formula is C14H13ClN2O4S. The lowest BCUT2D eigenvalue weighted by atomic mass is 10.1. The number of benzene rings is 1. The van der Waals surface area contributed by atoms with Gasteiger partial charge in [-0.1, -0.05) is 28.9 Å². The maximum absolute atomic E-state index is 11.9. The highest BCUT2D eigenvalue weighted by Gasteiger charge is 2.32. The van der Waals surface area contributed by atoms with Crippen LogP contribution in [0.5, 0.6) is 0 Å². The number of hydrogen-bond donors (Lipinski definition) is 0. The summed E-state index contributed by atoms with van der Waals surface area (Å²) in [6.45, 7) is -0.123. The zero-order chi connectivity index (χ0) is 15.7. The SMILES string of the molecule is O=C1CCCS(=O)(=O)N1Cc1cc(-c2ccc(Cl)cc2)no1. The first-order valence-corrected chi connectivity index (χ1v) is 8.69. The van der Waals surface area contributed by atoms with Gasteiger partial charge in [-0.25, -0.2) is 12.7 Å². The van der Waals surface area contributed by atoms with Crippen molar-refractivity contribution >= 4 is 27.5 Å². The lowest BCUT2D eigenvalue weighted by Gasteiger charge is -2.25. The number of halogens is 1. The third kappa shape index (κ3) is 3.00. The Bertz CT molecular complexity index is 799. The molecule has 1 aliphatic rings. The van der Waals surface area contributed by atoms with Crippen molar-refractivity contribution < 1.29 is 17.7 Å². The second kappa shape index (κ2) is 5.73.